The van der Waals surface area contributed by atoms with E-state index in [1.165, 1.54) is 0 Å². The van der Waals surface area contributed by atoms with Gasteiger partial charge in [0.15, 0.2) is 0 Å². The Hall–Kier alpha value is -0.503. The highest BCUT2D eigenvalue weighted by molar-refractivity contribution is 6.77. The molecule has 0 aliphatic heterocycles. The summed E-state index contributed by atoms with van der Waals surface area (Å²) in [5.41, 5.74) is 2.96. The van der Waals surface area contributed by atoms with Crippen LogP contribution < -0.4 is 0 Å². The smallest absolute Gasteiger partial charge is 0.258 e. The second-order valence-electron chi connectivity index (χ2n) is 5.81. The van der Waals surface area contributed by atoms with Gasteiger partial charge in [0.25, 0.3) is 8.32 Å². The first kappa shape index (κ1) is 16.5. The van der Waals surface area contributed by atoms with Crippen LogP contribution in [0.5, 0.6) is 0 Å². The molecule has 0 saturated heterocycles. The van der Waals surface area contributed by atoms with Crippen LogP contribution in [0, 0.1) is 0 Å². The highest BCUT2D eigenvalue weighted by Gasteiger charge is 2.47. The fourth-order valence-corrected chi connectivity index (χ4v) is 8.10. The molecule has 2 heteroatoms. The quantitative estimate of drug-likeness (QED) is 0.338. The van der Waals surface area contributed by atoms with E-state index in [4.69, 9.17) is 4.43 Å². The number of rotatable bonds is 6. The van der Waals surface area contributed by atoms with Gasteiger partial charge in [0.2, 0.25) is 0 Å². The van der Waals surface area contributed by atoms with Gasteiger partial charge in [0, 0.05) is 0 Å². The molecule has 0 atom stereocenters. The summed E-state index contributed by atoms with van der Waals surface area (Å²) in [6, 6.07) is 0. The molecule has 0 unspecified atom stereocenters. The van der Waals surface area contributed by atoms with Gasteiger partial charge in [-0.15, -0.1) is 0 Å². The lowest BCUT2D eigenvalue weighted by atomic mass is 10.3. The molecule has 0 rings (SSSR count). The molecule has 0 fully saturated rings. The molecule has 0 aliphatic carbocycles. The Balaban J connectivity index is 5.27. The normalized spacial score (nSPS) is 13.7. The molecule has 0 aromatic heterocycles. The van der Waals surface area contributed by atoms with Gasteiger partial charge in [-0.3, -0.25) is 0 Å². The van der Waals surface area contributed by atoms with E-state index in [0.717, 1.165) is 11.3 Å². The Bertz CT molecular complexity index is 266. The van der Waals surface area contributed by atoms with Crippen LogP contribution in [0.3, 0.4) is 0 Å². The fraction of sp³-hybridized carbons (Fsp3) is 0.733. The molecule has 0 aromatic carbocycles. The maximum Gasteiger partial charge on any atom is 0.258 e. The summed E-state index contributed by atoms with van der Waals surface area (Å²) in [5, 5.41) is 0. The lowest BCUT2D eigenvalue weighted by Gasteiger charge is -2.42. The van der Waals surface area contributed by atoms with Crippen LogP contribution in [0.15, 0.2) is 24.0 Å². The third-order valence-electron chi connectivity index (χ3n) is 3.88. The Morgan fingerprint density at radius 1 is 1.00 bits per heavy atom. The van der Waals surface area contributed by atoms with Gasteiger partial charge in [-0.25, -0.2) is 0 Å². The van der Waals surface area contributed by atoms with E-state index in [9.17, 15) is 0 Å². The van der Waals surface area contributed by atoms with Gasteiger partial charge in [-0.1, -0.05) is 54.2 Å². The Morgan fingerprint density at radius 2 is 1.35 bits per heavy atom. The molecule has 0 N–H and O–H groups in total. The topological polar surface area (TPSA) is 9.23 Å². The molecule has 0 bridgehead atoms. The molecule has 0 amide bonds. The molecule has 0 heterocycles. The van der Waals surface area contributed by atoms with E-state index in [0.29, 0.717) is 16.6 Å². The van der Waals surface area contributed by atoms with E-state index in [2.05, 4.69) is 61.1 Å². The zero-order chi connectivity index (χ0) is 13.8. The lowest BCUT2D eigenvalue weighted by Crippen LogP contribution is -2.47. The van der Waals surface area contributed by atoms with Crippen molar-refractivity contribution in [1.82, 2.24) is 0 Å². The van der Waals surface area contributed by atoms with E-state index in [1.54, 1.807) is 0 Å². The highest BCUT2D eigenvalue weighted by Crippen LogP contribution is 2.43. The van der Waals surface area contributed by atoms with Crippen LogP contribution in [0.4, 0.5) is 0 Å². The summed E-state index contributed by atoms with van der Waals surface area (Å²) in [6.45, 7) is 22.0. The summed E-state index contributed by atoms with van der Waals surface area (Å²) < 4.78 is 6.45. The predicted octanol–water partition coefficient (Wildman–Crippen LogP) is 5.66. The summed E-state index contributed by atoms with van der Waals surface area (Å²) in [6.07, 6.45) is 2.07. The SMILES string of the molecule is C=C(O[Si](C(C)C)(C(C)C)C(C)C)/C(C)=C/C. The van der Waals surface area contributed by atoms with Gasteiger partial charge >= 0.3 is 0 Å². The van der Waals surface area contributed by atoms with Crippen molar-refractivity contribution >= 4 is 8.32 Å². The third kappa shape index (κ3) is 3.48. The summed E-state index contributed by atoms with van der Waals surface area (Å²) in [4.78, 5) is 0. The Morgan fingerprint density at radius 3 is 1.59 bits per heavy atom. The molecule has 100 valence electrons. The molecular weight excluding hydrogens is 224 g/mol. The Kier molecular flexibility index (Phi) is 6.24. The average Bonchev–Trinajstić information content (AvgIpc) is 2.22. The van der Waals surface area contributed by atoms with Gasteiger partial charge < -0.3 is 4.43 Å². The van der Waals surface area contributed by atoms with Crippen molar-refractivity contribution in [2.75, 3.05) is 0 Å². The molecule has 0 saturated carbocycles. The second-order valence-corrected chi connectivity index (χ2v) is 11.2. The summed E-state index contributed by atoms with van der Waals surface area (Å²) in [5.74, 6) is 0.871. The lowest BCUT2D eigenvalue weighted by molar-refractivity contribution is 0.382. The van der Waals surface area contributed by atoms with Crippen molar-refractivity contribution in [3.63, 3.8) is 0 Å². The maximum atomic E-state index is 6.45. The number of hydrogen-bond acceptors (Lipinski definition) is 1. The first-order valence-electron chi connectivity index (χ1n) is 6.71. The zero-order valence-electron chi connectivity index (χ0n) is 12.9. The van der Waals surface area contributed by atoms with E-state index in [1.807, 2.05) is 6.92 Å². The monoisotopic (exact) mass is 254 g/mol. The molecule has 0 aliphatic rings. The summed E-state index contributed by atoms with van der Waals surface area (Å²) >= 11 is 0. The first-order valence-corrected chi connectivity index (χ1v) is 8.85. The van der Waals surface area contributed by atoms with Crippen LogP contribution in [-0.2, 0) is 4.43 Å². The van der Waals surface area contributed by atoms with Crippen molar-refractivity contribution in [1.29, 1.82) is 0 Å². The van der Waals surface area contributed by atoms with Crippen LogP contribution >= 0.6 is 0 Å². The van der Waals surface area contributed by atoms with Gasteiger partial charge in [-0.2, -0.15) is 0 Å². The number of allylic oxidation sites excluding steroid dienone is 2. The van der Waals surface area contributed by atoms with Crippen LogP contribution in [0.25, 0.3) is 0 Å². The largest absolute Gasteiger partial charge is 0.543 e. The van der Waals surface area contributed by atoms with Crippen molar-refractivity contribution in [2.45, 2.75) is 72.0 Å². The van der Waals surface area contributed by atoms with E-state index >= 15 is 0 Å². The maximum absolute atomic E-state index is 6.45. The van der Waals surface area contributed by atoms with Gasteiger partial charge in [0.05, 0.1) is 5.76 Å². The van der Waals surface area contributed by atoms with Crippen molar-refractivity contribution in [3.8, 4) is 0 Å². The Labute approximate surface area is 109 Å². The molecule has 0 aromatic rings. The van der Waals surface area contributed by atoms with E-state index < -0.39 is 8.32 Å². The minimum absolute atomic E-state index is 0.601. The molecular formula is C15H30OSi. The minimum Gasteiger partial charge on any atom is -0.543 e. The predicted molar refractivity (Wildman–Crippen MR) is 80.7 cm³/mol. The standard InChI is InChI=1S/C15H30OSi/c1-10-14(8)15(9)16-17(11(2)3,12(4)5)13(6)7/h10-13H,9H2,1-8H3/b14-10+. The summed E-state index contributed by atoms with van der Waals surface area (Å²) in [7, 11) is -1.81. The van der Waals surface area contributed by atoms with Crippen LogP contribution in [-0.4, -0.2) is 8.32 Å². The molecule has 0 spiro atoms. The first-order chi connectivity index (χ1) is 7.70. The highest BCUT2D eigenvalue weighted by atomic mass is 28.4. The van der Waals surface area contributed by atoms with Crippen molar-refractivity contribution in [2.24, 2.45) is 0 Å². The average molecular weight is 254 g/mol. The zero-order valence-corrected chi connectivity index (χ0v) is 13.9. The van der Waals surface area contributed by atoms with E-state index in [-0.39, 0.29) is 0 Å². The minimum atomic E-state index is -1.81. The molecule has 0 radical (unpaired) electrons. The number of hydrogen-bond donors (Lipinski definition) is 0. The van der Waals surface area contributed by atoms with Crippen molar-refractivity contribution < 1.29 is 4.43 Å². The molecule has 17 heavy (non-hydrogen) atoms. The van der Waals surface area contributed by atoms with Gasteiger partial charge in [0.1, 0.15) is 0 Å². The van der Waals surface area contributed by atoms with Crippen LogP contribution in [0.1, 0.15) is 55.4 Å². The van der Waals surface area contributed by atoms with Gasteiger partial charge in [-0.05, 0) is 36.0 Å². The molecule has 1 nitrogen and oxygen atoms in total. The second kappa shape index (κ2) is 6.44. The fourth-order valence-electron chi connectivity index (χ4n) is 2.81. The van der Waals surface area contributed by atoms with Crippen molar-refractivity contribution in [3.05, 3.63) is 24.0 Å². The third-order valence-corrected chi connectivity index (χ3v) is 9.89. The van der Waals surface area contributed by atoms with Crippen LogP contribution in [0.2, 0.25) is 16.6 Å².